The summed E-state index contributed by atoms with van der Waals surface area (Å²) in [4.78, 5) is 12.7. The topological polar surface area (TPSA) is 81.1 Å². The van der Waals surface area contributed by atoms with E-state index in [1.54, 1.807) is 10.6 Å². The standard InChI is InChI=1S/C17H9BrF3N3O2.H2O/c18-13-9-15-16(25)23(22-24(15)14-4-2-1-3-12(13)14)10-5-7-11(8-6-10)26-17(19,20)21;/h1-9H;1H2. The first kappa shape index (κ1) is 18.9. The van der Waals surface area contributed by atoms with Gasteiger partial charge in [-0.05, 0) is 52.3 Å². The zero-order valence-electron chi connectivity index (χ0n) is 13.4. The largest absolute Gasteiger partial charge is 0.870 e. The highest BCUT2D eigenvalue weighted by molar-refractivity contribution is 9.10. The molecule has 0 amide bonds. The van der Waals surface area contributed by atoms with Gasteiger partial charge in [0.2, 0.25) is 5.52 Å². The van der Waals surface area contributed by atoms with Crippen molar-refractivity contribution in [3.8, 4) is 11.4 Å². The molecule has 0 radical (unpaired) electrons. The molecule has 140 valence electrons. The van der Waals surface area contributed by atoms with Gasteiger partial charge >= 0.3 is 11.9 Å². The number of hydrogen-bond donors (Lipinski definition) is 1. The Balaban J connectivity index is 0.00000210. The van der Waals surface area contributed by atoms with Gasteiger partial charge in [0.05, 0.1) is 0 Å². The third kappa shape index (κ3) is 3.40. The molecule has 10 heteroatoms. The highest BCUT2D eigenvalue weighted by Gasteiger charge is 2.31. The second kappa shape index (κ2) is 6.71. The van der Waals surface area contributed by atoms with Crippen LogP contribution in [-0.2, 0) is 0 Å². The monoisotopic (exact) mass is 441 g/mol. The molecule has 0 aliphatic rings. The van der Waals surface area contributed by atoms with Crippen LogP contribution in [0.15, 0.2) is 63.9 Å². The Morgan fingerprint density at radius 3 is 2.37 bits per heavy atom. The number of ether oxygens (including phenoxy) is 1. The third-order valence-corrected chi connectivity index (χ3v) is 4.51. The van der Waals surface area contributed by atoms with Gasteiger partial charge in [0, 0.05) is 15.9 Å². The summed E-state index contributed by atoms with van der Waals surface area (Å²) in [7, 11) is 0. The third-order valence-electron chi connectivity index (χ3n) is 3.86. The molecular weight excluding hydrogens is 431 g/mol. The molecule has 0 aliphatic heterocycles. The van der Waals surface area contributed by atoms with Crippen LogP contribution in [0.5, 0.6) is 5.75 Å². The van der Waals surface area contributed by atoms with E-state index >= 15 is 0 Å². The van der Waals surface area contributed by atoms with E-state index < -0.39 is 6.36 Å². The molecule has 0 spiro atoms. The van der Waals surface area contributed by atoms with Crippen molar-refractivity contribution in [2.24, 2.45) is 0 Å². The highest BCUT2D eigenvalue weighted by Crippen LogP contribution is 2.24. The van der Waals surface area contributed by atoms with Crippen molar-refractivity contribution in [1.82, 2.24) is 9.90 Å². The molecule has 4 rings (SSSR count). The van der Waals surface area contributed by atoms with E-state index in [1.807, 2.05) is 24.3 Å². The fraction of sp³-hybridized carbons (Fsp3) is 0.0588. The van der Waals surface area contributed by atoms with Crippen LogP contribution >= 0.6 is 15.9 Å². The number of nitrogens with one attached hydrogen (secondary N) is 1. The number of hydrogen-bond acceptors (Lipinski definition) is 3. The lowest BCUT2D eigenvalue weighted by Crippen LogP contribution is -2.26. The SMILES string of the molecule is O=c1c2cc(Br)c3ccccc3[n+]2[nH]n1-c1ccc(OC(F)(F)F)cc1.[OH-]. The molecule has 0 fully saturated rings. The molecule has 2 aromatic heterocycles. The molecule has 0 saturated heterocycles. The molecule has 0 saturated carbocycles. The van der Waals surface area contributed by atoms with E-state index in [1.165, 1.54) is 16.8 Å². The number of para-hydroxylation sites is 1. The van der Waals surface area contributed by atoms with Crippen LogP contribution in [-0.4, -0.2) is 21.7 Å². The summed E-state index contributed by atoms with van der Waals surface area (Å²) in [6, 6.07) is 14.2. The molecule has 4 aromatic rings. The van der Waals surface area contributed by atoms with E-state index in [9.17, 15) is 18.0 Å². The lowest BCUT2D eigenvalue weighted by atomic mass is 10.2. The van der Waals surface area contributed by atoms with Gasteiger partial charge < -0.3 is 10.2 Å². The summed E-state index contributed by atoms with van der Waals surface area (Å²) >= 11 is 3.46. The van der Waals surface area contributed by atoms with Crippen molar-refractivity contribution in [2.75, 3.05) is 0 Å². The van der Waals surface area contributed by atoms with E-state index in [4.69, 9.17) is 0 Å². The van der Waals surface area contributed by atoms with E-state index in [2.05, 4.69) is 25.9 Å². The Bertz CT molecular complexity index is 1180. The predicted molar refractivity (Wildman–Crippen MR) is 93.4 cm³/mol. The van der Waals surface area contributed by atoms with Crippen molar-refractivity contribution in [1.29, 1.82) is 0 Å². The summed E-state index contributed by atoms with van der Waals surface area (Å²) in [5, 5.41) is 3.86. The number of halogens is 4. The summed E-state index contributed by atoms with van der Waals surface area (Å²) < 4.78 is 44.3. The maximum absolute atomic E-state index is 12.7. The van der Waals surface area contributed by atoms with E-state index in [0.29, 0.717) is 11.2 Å². The second-order valence-electron chi connectivity index (χ2n) is 5.51. The van der Waals surface area contributed by atoms with Gasteiger partial charge in [0.1, 0.15) is 5.75 Å². The average molecular weight is 442 g/mol. The number of aromatic amines is 1. The van der Waals surface area contributed by atoms with Crippen LogP contribution in [0.2, 0.25) is 0 Å². The molecule has 0 unspecified atom stereocenters. The van der Waals surface area contributed by atoms with Gasteiger partial charge in [-0.1, -0.05) is 22.0 Å². The molecule has 0 atom stereocenters. The Hall–Kier alpha value is -2.85. The minimum Gasteiger partial charge on any atom is -0.870 e. The lowest BCUT2D eigenvalue weighted by Gasteiger charge is -2.08. The van der Waals surface area contributed by atoms with Crippen molar-refractivity contribution >= 4 is 32.3 Å². The van der Waals surface area contributed by atoms with Gasteiger partial charge in [-0.25, -0.2) is 4.79 Å². The smallest absolute Gasteiger partial charge is 0.573 e. The number of benzene rings is 2. The number of fused-ring (bicyclic) bond motifs is 3. The van der Waals surface area contributed by atoms with Crippen LogP contribution in [0.1, 0.15) is 0 Å². The number of nitrogens with zero attached hydrogens (tertiary/aromatic N) is 2. The fourth-order valence-corrected chi connectivity index (χ4v) is 3.31. The quantitative estimate of drug-likeness (QED) is 0.483. The number of H-pyrrole nitrogens is 1. The minimum absolute atomic E-state index is 0. The van der Waals surface area contributed by atoms with Gasteiger partial charge in [-0.3, -0.25) is 0 Å². The molecule has 0 bridgehead atoms. The van der Waals surface area contributed by atoms with Gasteiger partial charge in [0.25, 0.3) is 0 Å². The zero-order chi connectivity index (χ0) is 18.5. The van der Waals surface area contributed by atoms with Crippen LogP contribution < -0.4 is 14.8 Å². The first-order valence-corrected chi connectivity index (χ1v) is 8.23. The van der Waals surface area contributed by atoms with Crippen molar-refractivity contribution in [3.05, 3.63) is 69.4 Å². The van der Waals surface area contributed by atoms with Crippen LogP contribution in [0.3, 0.4) is 0 Å². The van der Waals surface area contributed by atoms with E-state index in [-0.39, 0.29) is 16.8 Å². The molecule has 0 aliphatic carbocycles. The Labute approximate surface area is 157 Å². The van der Waals surface area contributed by atoms with Crippen LogP contribution in [0.25, 0.3) is 22.1 Å². The zero-order valence-corrected chi connectivity index (χ0v) is 15.0. The first-order valence-electron chi connectivity index (χ1n) is 7.44. The molecule has 2 aromatic carbocycles. The van der Waals surface area contributed by atoms with E-state index in [0.717, 1.165) is 27.5 Å². The number of alkyl halides is 3. The van der Waals surface area contributed by atoms with Gasteiger partial charge in [0.15, 0.2) is 11.2 Å². The number of pyridine rings is 1. The van der Waals surface area contributed by atoms with Crippen molar-refractivity contribution in [3.63, 3.8) is 0 Å². The fourth-order valence-electron chi connectivity index (χ4n) is 2.76. The second-order valence-corrected chi connectivity index (χ2v) is 6.37. The van der Waals surface area contributed by atoms with Crippen LogP contribution in [0, 0.1) is 0 Å². The highest BCUT2D eigenvalue weighted by atomic mass is 79.9. The van der Waals surface area contributed by atoms with Gasteiger partial charge in [-0.2, -0.15) is 0 Å². The Morgan fingerprint density at radius 1 is 1.04 bits per heavy atom. The molecule has 2 heterocycles. The minimum atomic E-state index is -4.76. The molecular formula is C17H11BrF3N3O3. The van der Waals surface area contributed by atoms with Crippen molar-refractivity contribution < 1.29 is 27.9 Å². The number of rotatable bonds is 2. The lowest BCUT2D eigenvalue weighted by molar-refractivity contribution is -0.555. The van der Waals surface area contributed by atoms with Crippen molar-refractivity contribution in [2.45, 2.75) is 6.36 Å². The Morgan fingerprint density at radius 2 is 1.70 bits per heavy atom. The molecule has 6 nitrogen and oxygen atoms in total. The van der Waals surface area contributed by atoms with Gasteiger partial charge in [-0.15, -0.1) is 17.7 Å². The summed E-state index contributed by atoms with van der Waals surface area (Å²) in [5.41, 5.74) is 1.23. The maximum Gasteiger partial charge on any atom is 0.573 e. The first-order chi connectivity index (χ1) is 12.3. The number of aromatic nitrogens is 3. The summed E-state index contributed by atoms with van der Waals surface area (Å²) in [6.07, 6.45) is -4.76. The summed E-state index contributed by atoms with van der Waals surface area (Å²) in [5.74, 6) is -0.355. The Kier molecular flexibility index (Phi) is 4.70. The normalized spacial score (nSPS) is 11.6. The summed E-state index contributed by atoms with van der Waals surface area (Å²) in [6.45, 7) is 0. The van der Waals surface area contributed by atoms with Crippen LogP contribution in [0.4, 0.5) is 13.2 Å². The average Bonchev–Trinajstić information content (AvgIpc) is 2.92. The molecule has 2 N–H and O–H groups in total. The maximum atomic E-state index is 12.7. The molecule has 27 heavy (non-hydrogen) atoms. The predicted octanol–water partition coefficient (Wildman–Crippen LogP) is 3.54.